The Morgan fingerprint density at radius 3 is 2.67 bits per heavy atom. The lowest BCUT2D eigenvalue weighted by atomic mass is 10.2. The van der Waals surface area contributed by atoms with Gasteiger partial charge in [-0.25, -0.2) is 0 Å². The molecule has 0 fully saturated rings. The first-order valence-electron chi connectivity index (χ1n) is 6.93. The van der Waals surface area contributed by atoms with Gasteiger partial charge in [0.2, 0.25) is 5.91 Å². The summed E-state index contributed by atoms with van der Waals surface area (Å²) >= 11 is 0. The zero-order chi connectivity index (χ0) is 15.2. The van der Waals surface area contributed by atoms with Crippen molar-refractivity contribution in [3.8, 4) is 0 Å². The molecule has 21 heavy (non-hydrogen) atoms. The highest BCUT2D eigenvalue weighted by molar-refractivity contribution is 5.92. The van der Waals surface area contributed by atoms with Crippen molar-refractivity contribution in [2.24, 2.45) is 0 Å². The van der Waals surface area contributed by atoms with E-state index in [-0.39, 0.29) is 5.91 Å². The Kier molecular flexibility index (Phi) is 4.95. The summed E-state index contributed by atoms with van der Waals surface area (Å²) in [5.74, 6) is -0.0179. The number of nitrogens with one attached hydrogen (secondary N) is 1. The lowest BCUT2D eigenvalue weighted by Gasteiger charge is -2.17. The van der Waals surface area contributed by atoms with Crippen LogP contribution in [-0.2, 0) is 11.3 Å². The second-order valence-electron chi connectivity index (χ2n) is 5.28. The molecule has 0 unspecified atom stereocenters. The average molecular weight is 283 g/mol. The maximum absolute atomic E-state index is 12.1. The first-order chi connectivity index (χ1) is 10.0. The van der Waals surface area contributed by atoms with Crippen LogP contribution in [0.1, 0.15) is 11.1 Å². The van der Waals surface area contributed by atoms with Gasteiger partial charge in [0.25, 0.3) is 0 Å². The monoisotopic (exact) mass is 283 g/mol. The minimum Gasteiger partial charge on any atom is -0.399 e. The molecule has 0 atom stereocenters. The van der Waals surface area contributed by atoms with E-state index < -0.39 is 0 Å². The minimum atomic E-state index is -0.0179. The number of rotatable bonds is 5. The topological polar surface area (TPSA) is 58.4 Å². The molecule has 0 aliphatic heterocycles. The Bertz CT molecular complexity index is 625. The van der Waals surface area contributed by atoms with Gasteiger partial charge in [-0.2, -0.15) is 0 Å². The minimum absolute atomic E-state index is 0.0179. The zero-order valence-corrected chi connectivity index (χ0v) is 12.5. The Hall–Kier alpha value is -2.33. The van der Waals surface area contributed by atoms with Crippen LogP contribution in [-0.4, -0.2) is 24.4 Å². The Morgan fingerprint density at radius 2 is 1.95 bits per heavy atom. The quantitative estimate of drug-likeness (QED) is 0.829. The zero-order valence-electron chi connectivity index (χ0n) is 12.5. The van der Waals surface area contributed by atoms with E-state index in [9.17, 15) is 4.79 Å². The first-order valence-corrected chi connectivity index (χ1v) is 6.93. The van der Waals surface area contributed by atoms with E-state index in [1.807, 2.05) is 67.4 Å². The molecule has 0 saturated carbocycles. The summed E-state index contributed by atoms with van der Waals surface area (Å²) in [6.45, 7) is 3.00. The summed E-state index contributed by atoms with van der Waals surface area (Å²) in [4.78, 5) is 14.0. The fourth-order valence-electron chi connectivity index (χ4n) is 2.21. The van der Waals surface area contributed by atoms with Gasteiger partial charge in [-0.05, 0) is 43.3 Å². The number of nitrogens with two attached hydrogens (primary N) is 1. The highest BCUT2D eigenvalue weighted by atomic mass is 16.2. The molecule has 110 valence electrons. The largest absolute Gasteiger partial charge is 0.399 e. The van der Waals surface area contributed by atoms with Crippen molar-refractivity contribution in [3.05, 3.63) is 59.7 Å². The third-order valence-corrected chi connectivity index (χ3v) is 3.24. The molecular weight excluding hydrogens is 262 g/mol. The average Bonchev–Trinajstić information content (AvgIpc) is 2.41. The van der Waals surface area contributed by atoms with Crippen LogP contribution < -0.4 is 11.1 Å². The van der Waals surface area contributed by atoms with E-state index in [2.05, 4.69) is 5.32 Å². The molecule has 0 aromatic heterocycles. The third kappa shape index (κ3) is 4.61. The number of amides is 1. The van der Waals surface area contributed by atoms with Crippen molar-refractivity contribution in [2.75, 3.05) is 24.6 Å². The highest BCUT2D eigenvalue weighted by Gasteiger charge is 2.08. The van der Waals surface area contributed by atoms with Gasteiger partial charge >= 0.3 is 0 Å². The van der Waals surface area contributed by atoms with E-state index in [1.165, 1.54) is 0 Å². The molecule has 2 aromatic carbocycles. The molecular formula is C17H21N3O. The van der Waals surface area contributed by atoms with Crippen molar-refractivity contribution < 1.29 is 4.79 Å². The summed E-state index contributed by atoms with van der Waals surface area (Å²) in [5, 5.41) is 2.93. The molecule has 1 amide bonds. The van der Waals surface area contributed by atoms with Crippen LogP contribution in [0.5, 0.6) is 0 Å². The van der Waals surface area contributed by atoms with Gasteiger partial charge in [-0.1, -0.05) is 30.3 Å². The number of nitrogens with zero attached hydrogens (tertiary/aromatic N) is 1. The number of likely N-dealkylation sites (N-methyl/N-ethyl adjacent to an activating group) is 1. The molecule has 0 aliphatic rings. The van der Waals surface area contributed by atoms with Crippen LogP contribution in [0.3, 0.4) is 0 Å². The van der Waals surface area contributed by atoms with Crippen molar-refractivity contribution >= 4 is 17.3 Å². The van der Waals surface area contributed by atoms with Gasteiger partial charge in [0.15, 0.2) is 0 Å². The van der Waals surface area contributed by atoms with Gasteiger partial charge in [0.05, 0.1) is 6.54 Å². The summed E-state index contributed by atoms with van der Waals surface area (Å²) in [6, 6.07) is 15.5. The van der Waals surface area contributed by atoms with Gasteiger partial charge in [0.1, 0.15) is 0 Å². The van der Waals surface area contributed by atoms with Crippen molar-refractivity contribution in [1.29, 1.82) is 0 Å². The molecule has 0 radical (unpaired) electrons. The van der Waals surface area contributed by atoms with Crippen molar-refractivity contribution in [1.82, 2.24) is 4.90 Å². The van der Waals surface area contributed by atoms with Crippen molar-refractivity contribution in [2.45, 2.75) is 13.5 Å². The standard InChI is InChI=1S/C17H21N3O/c1-13-6-3-4-9-16(13)19-17(21)12-20(2)11-14-7-5-8-15(18)10-14/h3-10H,11-12,18H2,1-2H3,(H,19,21). The van der Waals surface area contributed by atoms with E-state index in [0.717, 1.165) is 22.5 Å². The summed E-state index contributed by atoms with van der Waals surface area (Å²) in [5.41, 5.74) is 9.52. The predicted molar refractivity (Wildman–Crippen MR) is 87.0 cm³/mol. The molecule has 2 aromatic rings. The number of carbonyl (C=O) groups excluding carboxylic acids is 1. The van der Waals surface area contributed by atoms with E-state index in [1.54, 1.807) is 0 Å². The van der Waals surface area contributed by atoms with Gasteiger partial charge in [-0.3, -0.25) is 9.69 Å². The fraction of sp³-hybridized carbons (Fsp3) is 0.235. The summed E-state index contributed by atoms with van der Waals surface area (Å²) in [7, 11) is 1.92. The Labute approximate surface area is 125 Å². The van der Waals surface area contributed by atoms with Crippen LogP contribution in [0.2, 0.25) is 0 Å². The second-order valence-corrected chi connectivity index (χ2v) is 5.28. The number of benzene rings is 2. The molecule has 0 bridgehead atoms. The van der Waals surface area contributed by atoms with Crippen molar-refractivity contribution in [3.63, 3.8) is 0 Å². The SMILES string of the molecule is Cc1ccccc1NC(=O)CN(C)Cc1cccc(N)c1. The first kappa shape index (κ1) is 15.1. The number of anilines is 2. The number of para-hydroxylation sites is 1. The number of nitrogen functional groups attached to an aromatic ring is 1. The summed E-state index contributed by atoms with van der Waals surface area (Å²) < 4.78 is 0. The highest BCUT2D eigenvalue weighted by Crippen LogP contribution is 2.13. The predicted octanol–water partition coefficient (Wildman–Crippen LogP) is 2.65. The molecule has 4 heteroatoms. The van der Waals surface area contributed by atoms with E-state index in [4.69, 9.17) is 5.73 Å². The fourth-order valence-corrected chi connectivity index (χ4v) is 2.21. The van der Waals surface area contributed by atoms with Crippen LogP contribution in [0, 0.1) is 6.92 Å². The molecule has 0 saturated heterocycles. The molecule has 3 N–H and O–H groups in total. The molecule has 0 spiro atoms. The van der Waals surface area contributed by atoms with Crippen LogP contribution in [0.4, 0.5) is 11.4 Å². The van der Waals surface area contributed by atoms with E-state index in [0.29, 0.717) is 13.1 Å². The maximum atomic E-state index is 12.1. The lowest BCUT2D eigenvalue weighted by molar-refractivity contribution is -0.117. The van der Waals surface area contributed by atoms with Crippen LogP contribution in [0.15, 0.2) is 48.5 Å². The number of hydrogen-bond acceptors (Lipinski definition) is 3. The van der Waals surface area contributed by atoms with Gasteiger partial charge in [0, 0.05) is 17.9 Å². The molecule has 2 rings (SSSR count). The Morgan fingerprint density at radius 1 is 1.19 bits per heavy atom. The van der Waals surface area contributed by atoms with Crippen LogP contribution in [0.25, 0.3) is 0 Å². The maximum Gasteiger partial charge on any atom is 0.238 e. The number of carbonyl (C=O) groups is 1. The van der Waals surface area contributed by atoms with Crippen LogP contribution >= 0.6 is 0 Å². The smallest absolute Gasteiger partial charge is 0.238 e. The molecule has 0 aliphatic carbocycles. The summed E-state index contributed by atoms with van der Waals surface area (Å²) in [6.07, 6.45) is 0. The molecule has 4 nitrogen and oxygen atoms in total. The Balaban J connectivity index is 1.89. The second kappa shape index (κ2) is 6.90. The third-order valence-electron chi connectivity index (χ3n) is 3.24. The normalized spacial score (nSPS) is 10.6. The number of hydrogen-bond donors (Lipinski definition) is 2. The van der Waals surface area contributed by atoms with Gasteiger partial charge < -0.3 is 11.1 Å². The molecule has 0 heterocycles. The number of aryl methyl sites for hydroxylation is 1. The lowest BCUT2D eigenvalue weighted by Crippen LogP contribution is -2.30. The van der Waals surface area contributed by atoms with E-state index >= 15 is 0 Å². The van der Waals surface area contributed by atoms with Gasteiger partial charge in [-0.15, -0.1) is 0 Å².